The molecule has 0 saturated heterocycles. The van der Waals surface area contributed by atoms with Crippen LogP contribution in [0.4, 0.5) is 0 Å². The molecule has 0 spiro atoms. The Morgan fingerprint density at radius 1 is 0.889 bits per heavy atom. The summed E-state index contributed by atoms with van der Waals surface area (Å²) in [4.78, 5) is 2.56. The second kappa shape index (κ2) is 8.96. The van der Waals surface area contributed by atoms with Gasteiger partial charge in [0.1, 0.15) is 0 Å². The smallest absolute Gasteiger partial charge is 0.0124 e. The van der Waals surface area contributed by atoms with Crippen molar-refractivity contribution in [3.63, 3.8) is 0 Å². The molecule has 112 valence electrons. The van der Waals surface area contributed by atoms with Gasteiger partial charge >= 0.3 is 0 Å². The van der Waals surface area contributed by atoms with Crippen LogP contribution >= 0.6 is 0 Å². The molecule has 0 bridgehead atoms. The molecule has 0 N–H and O–H groups in total. The highest BCUT2D eigenvalue weighted by Gasteiger charge is 2.32. The van der Waals surface area contributed by atoms with Crippen molar-refractivity contribution in [1.82, 2.24) is 4.90 Å². The maximum atomic E-state index is 2.56. The average Bonchev–Trinajstić information content (AvgIpc) is 2.32. The summed E-state index contributed by atoms with van der Waals surface area (Å²) in [6, 6.07) is 0.808. The molecule has 1 rings (SSSR count). The first-order valence-electron chi connectivity index (χ1n) is 7.95. The van der Waals surface area contributed by atoms with Crippen LogP contribution in [0.25, 0.3) is 0 Å². The average molecular weight is 258 g/mol. The Balaban J connectivity index is 0. The second-order valence-corrected chi connectivity index (χ2v) is 6.68. The summed E-state index contributed by atoms with van der Waals surface area (Å²) in [5.74, 6) is 0. The van der Waals surface area contributed by atoms with Crippen molar-refractivity contribution >= 4 is 0 Å². The van der Waals surface area contributed by atoms with Gasteiger partial charge < -0.3 is 0 Å². The second-order valence-electron chi connectivity index (χ2n) is 6.68. The van der Waals surface area contributed by atoms with Gasteiger partial charge in [0.05, 0.1) is 0 Å². The SMILES string of the molecule is CC.CC.CN(C1CCC(C)(C)CC1)C(C)(C)C. The van der Waals surface area contributed by atoms with Crippen LogP contribution in [0.15, 0.2) is 0 Å². The van der Waals surface area contributed by atoms with Crippen molar-refractivity contribution in [2.75, 3.05) is 7.05 Å². The minimum atomic E-state index is 0.326. The molecule has 0 atom stereocenters. The minimum absolute atomic E-state index is 0.326. The lowest BCUT2D eigenvalue weighted by atomic mass is 9.75. The van der Waals surface area contributed by atoms with Gasteiger partial charge in [-0.3, -0.25) is 4.90 Å². The van der Waals surface area contributed by atoms with Gasteiger partial charge in [-0.25, -0.2) is 0 Å². The largest absolute Gasteiger partial charge is 0.299 e. The molecule has 1 fully saturated rings. The first kappa shape index (κ1) is 20.3. The Morgan fingerprint density at radius 2 is 1.22 bits per heavy atom. The van der Waals surface area contributed by atoms with E-state index in [4.69, 9.17) is 0 Å². The van der Waals surface area contributed by atoms with E-state index >= 15 is 0 Å². The van der Waals surface area contributed by atoms with E-state index in [1.807, 2.05) is 27.7 Å². The van der Waals surface area contributed by atoms with E-state index in [1.165, 1.54) is 25.7 Å². The third-order valence-corrected chi connectivity index (χ3v) is 3.91. The maximum Gasteiger partial charge on any atom is 0.0124 e. The number of hydrogen-bond donors (Lipinski definition) is 0. The van der Waals surface area contributed by atoms with Gasteiger partial charge in [0.2, 0.25) is 0 Å². The van der Waals surface area contributed by atoms with Crippen LogP contribution in [-0.2, 0) is 0 Å². The van der Waals surface area contributed by atoms with Crippen LogP contribution in [0.5, 0.6) is 0 Å². The van der Waals surface area contributed by atoms with Crippen molar-refractivity contribution < 1.29 is 0 Å². The fourth-order valence-corrected chi connectivity index (χ4v) is 2.32. The van der Waals surface area contributed by atoms with Crippen LogP contribution in [0.1, 0.15) is 88.0 Å². The predicted molar refractivity (Wildman–Crippen MR) is 86.2 cm³/mol. The molecule has 1 heteroatoms. The summed E-state index contributed by atoms with van der Waals surface area (Å²) in [6.07, 6.45) is 5.53. The van der Waals surface area contributed by atoms with Gasteiger partial charge in [-0.2, -0.15) is 0 Å². The standard InChI is InChI=1S/C13H27N.2C2H6/c1-12(2,3)14(6)11-7-9-13(4,5)10-8-11;2*1-2/h11H,7-10H2,1-6H3;2*1-2H3. The number of nitrogens with zero attached hydrogens (tertiary/aromatic N) is 1. The first-order valence-corrected chi connectivity index (χ1v) is 7.95. The topological polar surface area (TPSA) is 3.24 Å². The van der Waals surface area contributed by atoms with Gasteiger partial charge in [0, 0.05) is 11.6 Å². The summed E-state index contributed by atoms with van der Waals surface area (Å²) in [5.41, 5.74) is 0.918. The van der Waals surface area contributed by atoms with E-state index in [1.54, 1.807) is 0 Å². The fourth-order valence-electron chi connectivity index (χ4n) is 2.32. The predicted octanol–water partition coefficient (Wildman–Crippen LogP) is 5.74. The molecule has 18 heavy (non-hydrogen) atoms. The van der Waals surface area contributed by atoms with Crippen LogP contribution in [0.2, 0.25) is 0 Å². The molecule has 0 amide bonds. The van der Waals surface area contributed by atoms with Crippen molar-refractivity contribution in [1.29, 1.82) is 0 Å². The zero-order valence-corrected chi connectivity index (χ0v) is 14.9. The van der Waals surface area contributed by atoms with E-state index in [9.17, 15) is 0 Å². The molecule has 1 aliphatic rings. The maximum absolute atomic E-state index is 2.56. The van der Waals surface area contributed by atoms with Crippen LogP contribution < -0.4 is 0 Å². The molecular weight excluding hydrogens is 218 g/mol. The van der Waals surface area contributed by atoms with E-state index in [2.05, 4.69) is 46.6 Å². The minimum Gasteiger partial charge on any atom is -0.299 e. The van der Waals surface area contributed by atoms with Crippen molar-refractivity contribution in [2.24, 2.45) is 5.41 Å². The fraction of sp³-hybridized carbons (Fsp3) is 1.00. The summed E-state index contributed by atoms with van der Waals surface area (Å²) in [7, 11) is 2.28. The monoisotopic (exact) mass is 257 g/mol. The molecule has 0 aromatic carbocycles. The molecule has 1 saturated carbocycles. The molecule has 0 aliphatic heterocycles. The Bertz CT molecular complexity index is 178. The lowest BCUT2D eigenvalue weighted by Crippen LogP contribution is -2.47. The van der Waals surface area contributed by atoms with E-state index in [0.29, 0.717) is 11.0 Å². The zero-order chi connectivity index (χ0) is 15.0. The summed E-state index contributed by atoms with van der Waals surface area (Å²) in [6.45, 7) is 19.7. The Labute approximate surface area is 117 Å². The quantitative estimate of drug-likeness (QED) is 0.579. The molecule has 0 aromatic heterocycles. The third-order valence-electron chi connectivity index (χ3n) is 3.91. The van der Waals surface area contributed by atoms with Crippen molar-refractivity contribution in [3.8, 4) is 0 Å². The summed E-state index contributed by atoms with van der Waals surface area (Å²) >= 11 is 0. The van der Waals surface area contributed by atoms with Crippen molar-refractivity contribution in [3.05, 3.63) is 0 Å². The Kier molecular flexibility index (Phi) is 10.1. The molecule has 0 aromatic rings. The van der Waals surface area contributed by atoms with Crippen molar-refractivity contribution in [2.45, 2.75) is 99.6 Å². The van der Waals surface area contributed by atoms with Gasteiger partial charge in [0.15, 0.2) is 0 Å². The summed E-state index contributed by atoms with van der Waals surface area (Å²) in [5, 5.41) is 0. The Hall–Kier alpha value is -0.0400. The molecule has 0 unspecified atom stereocenters. The third kappa shape index (κ3) is 7.41. The van der Waals surface area contributed by atoms with Gasteiger partial charge in [0.25, 0.3) is 0 Å². The molecular formula is C17H39N. The molecule has 1 aliphatic carbocycles. The van der Waals surface area contributed by atoms with Gasteiger partial charge in [-0.1, -0.05) is 41.5 Å². The lowest BCUT2D eigenvalue weighted by Gasteiger charge is -2.44. The highest BCUT2D eigenvalue weighted by atomic mass is 15.2. The zero-order valence-electron chi connectivity index (χ0n) is 14.9. The van der Waals surface area contributed by atoms with E-state index in [0.717, 1.165) is 6.04 Å². The van der Waals surface area contributed by atoms with Gasteiger partial charge in [-0.15, -0.1) is 0 Å². The van der Waals surface area contributed by atoms with Crippen LogP contribution in [-0.4, -0.2) is 23.5 Å². The van der Waals surface area contributed by atoms with E-state index < -0.39 is 0 Å². The molecule has 0 heterocycles. The molecule has 0 radical (unpaired) electrons. The van der Waals surface area contributed by atoms with E-state index in [-0.39, 0.29) is 0 Å². The molecule has 1 nitrogen and oxygen atoms in total. The lowest BCUT2D eigenvalue weighted by molar-refractivity contribution is 0.0620. The first-order chi connectivity index (χ1) is 8.22. The van der Waals surface area contributed by atoms with Crippen LogP contribution in [0.3, 0.4) is 0 Å². The van der Waals surface area contributed by atoms with Crippen LogP contribution in [0, 0.1) is 5.41 Å². The highest BCUT2D eigenvalue weighted by Crippen LogP contribution is 2.37. The normalized spacial score (nSPS) is 19.5. The highest BCUT2D eigenvalue weighted by molar-refractivity contribution is 4.87. The number of hydrogen-bond acceptors (Lipinski definition) is 1. The summed E-state index contributed by atoms with van der Waals surface area (Å²) < 4.78 is 0. The Morgan fingerprint density at radius 3 is 1.50 bits per heavy atom. The number of rotatable bonds is 1. The van der Waals surface area contributed by atoms with Gasteiger partial charge in [-0.05, 0) is 58.9 Å².